The Hall–Kier alpha value is -0.650. The van der Waals surface area contributed by atoms with E-state index in [0.29, 0.717) is 25.4 Å². The fraction of sp³-hybridized carbons (Fsp3) is 0.941. The third kappa shape index (κ3) is 5.52. The minimum atomic E-state index is -0.513. The molecule has 2 fully saturated rings. The summed E-state index contributed by atoms with van der Waals surface area (Å²) in [6.07, 6.45) is 6.23. The fourth-order valence-corrected chi connectivity index (χ4v) is 3.59. The van der Waals surface area contributed by atoms with Gasteiger partial charge in [0.1, 0.15) is 0 Å². The fourth-order valence-electron chi connectivity index (χ4n) is 3.59. The average Bonchev–Trinajstić information content (AvgIpc) is 2.92. The highest BCUT2D eigenvalue weighted by Crippen LogP contribution is 2.31. The molecule has 0 spiro atoms. The second-order valence-corrected chi connectivity index (χ2v) is 7.26. The Kier molecular flexibility index (Phi) is 6.66. The van der Waals surface area contributed by atoms with E-state index >= 15 is 0 Å². The van der Waals surface area contributed by atoms with Gasteiger partial charge in [0.15, 0.2) is 0 Å². The van der Waals surface area contributed by atoms with Gasteiger partial charge in [0.25, 0.3) is 0 Å². The van der Waals surface area contributed by atoms with Crippen molar-refractivity contribution >= 4 is 5.91 Å². The van der Waals surface area contributed by atoms with Crippen molar-refractivity contribution in [3.63, 3.8) is 0 Å². The number of rotatable bonds is 7. The average molecular weight is 311 g/mol. The molecule has 22 heavy (non-hydrogen) atoms. The Morgan fingerprint density at radius 3 is 2.50 bits per heavy atom. The molecule has 1 aliphatic heterocycles. The van der Waals surface area contributed by atoms with Crippen molar-refractivity contribution in [1.82, 2.24) is 15.1 Å². The Labute approximate surface area is 135 Å². The number of amides is 1. The number of piperazine rings is 1. The minimum Gasteiger partial charge on any atom is -0.390 e. The highest BCUT2D eigenvalue weighted by Gasteiger charge is 2.30. The molecule has 5 heteroatoms. The van der Waals surface area contributed by atoms with E-state index in [1.807, 2.05) is 0 Å². The first-order valence-corrected chi connectivity index (χ1v) is 8.90. The summed E-state index contributed by atoms with van der Waals surface area (Å²) in [5, 5.41) is 13.2. The summed E-state index contributed by atoms with van der Waals surface area (Å²) in [4.78, 5) is 16.8. The van der Waals surface area contributed by atoms with Crippen LogP contribution in [0, 0.1) is 0 Å². The topological polar surface area (TPSA) is 55.8 Å². The van der Waals surface area contributed by atoms with Gasteiger partial charge in [-0.05, 0) is 39.7 Å². The molecule has 1 atom stereocenters. The normalized spacial score (nSPS) is 24.3. The Bertz CT molecular complexity index is 348. The summed E-state index contributed by atoms with van der Waals surface area (Å²) < 4.78 is 0. The number of aliphatic hydroxyl groups is 1. The number of hydrogen-bond donors (Lipinski definition) is 2. The standard InChI is InChI=1S/C17H33N3O2/c1-15(20-13-11-19(2)12-14-20)5-6-16(21)18-10-9-17(22)7-3-4-8-17/h15,22H,3-14H2,1-2H3,(H,18,21). The molecule has 2 rings (SSSR count). The number of likely N-dealkylation sites (N-methyl/N-ethyl adjacent to an activating group) is 1. The molecular formula is C17H33N3O2. The molecule has 0 radical (unpaired) electrons. The van der Waals surface area contributed by atoms with Gasteiger partial charge in [0.2, 0.25) is 5.91 Å². The van der Waals surface area contributed by atoms with Crippen molar-refractivity contribution in [3.05, 3.63) is 0 Å². The zero-order valence-corrected chi connectivity index (χ0v) is 14.3. The summed E-state index contributed by atoms with van der Waals surface area (Å²) in [5.41, 5.74) is -0.513. The lowest BCUT2D eigenvalue weighted by Crippen LogP contribution is -2.48. The smallest absolute Gasteiger partial charge is 0.220 e. The minimum absolute atomic E-state index is 0.127. The number of carbonyl (C=O) groups is 1. The summed E-state index contributed by atoms with van der Waals surface area (Å²) in [6.45, 7) is 7.28. The first-order chi connectivity index (χ1) is 10.5. The first kappa shape index (κ1) is 17.7. The maximum Gasteiger partial charge on any atom is 0.220 e. The zero-order valence-electron chi connectivity index (χ0n) is 14.3. The molecule has 128 valence electrons. The molecule has 5 nitrogen and oxygen atoms in total. The lowest BCUT2D eigenvalue weighted by atomic mass is 9.98. The van der Waals surface area contributed by atoms with Gasteiger partial charge in [0.05, 0.1) is 5.60 Å². The van der Waals surface area contributed by atoms with Crippen LogP contribution in [0.1, 0.15) is 51.9 Å². The molecule has 1 aliphatic carbocycles. The van der Waals surface area contributed by atoms with Crippen LogP contribution < -0.4 is 5.32 Å². The quantitative estimate of drug-likeness (QED) is 0.742. The number of nitrogens with zero attached hydrogens (tertiary/aromatic N) is 2. The van der Waals surface area contributed by atoms with Crippen molar-refractivity contribution < 1.29 is 9.90 Å². The van der Waals surface area contributed by atoms with E-state index in [9.17, 15) is 9.90 Å². The number of carbonyl (C=O) groups excluding carboxylic acids is 1. The Morgan fingerprint density at radius 1 is 1.23 bits per heavy atom. The summed E-state index contributed by atoms with van der Waals surface area (Å²) in [5.74, 6) is 0.127. The third-order valence-electron chi connectivity index (χ3n) is 5.40. The highest BCUT2D eigenvalue weighted by molar-refractivity contribution is 5.75. The second kappa shape index (κ2) is 8.27. The van der Waals surface area contributed by atoms with Crippen molar-refractivity contribution in [2.75, 3.05) is 39.8 Å². The predicted octanol–water partition coefficient (Wildman–Crippen LogP) is 1.21. The van der Waals surface area contributed by atoms with Gasteiger partial charge >= 0.3 is 0 Å². The molecule has 0 aromatic rings. The summed E-state index contributed by atoms with van der Waals surface area (Å²) >= 11 is 0. The third-order valence-corrected chi connectivity index (χ3v) is 5.40. The van der Waals surface area contributed by atoms with Gasteiger partial charge in [-0.1, -0.05) is 12.8 Å². The largest absolute Gasteiger partial charge is 0.390 e. The lowest BCUT2D eigenvalue weighted by Gasteiger charge is -2.36. The maximum atomic E-state index is 11.9. The van der Waals surface area contributed by atoms with Crippen LogP contribution in [0.25, 0.3) is 0 Å². The van der Waals surface area contributed by atoms with E-state index in [2.05, 4.69) is 29.1 Å². The molecule has 1 unspecified atom stereocenters. The summed E-state index contributed by atoms with van der Waals surface area (Å²) in [6, 6.07) is 0.471. The predicted molar refractivity (Wildman–Crippen MR) is 88.8 cm³/mol. The monoisotopic (exact) mass is 311 g/mol. The van der Waals surface area contributed by atoms with E-state index in [1.54, 1.807) is 0 Å². The van der Waals surface area contributed by atoms with Crippen LogP contribution in [-0.2, 0) is 4.79 Å². The van der Waals surface area contributed by atoms with Crippen LogP contribution in [0.2, 0.25) is 0 Å². The van der Waals surface area contributed by atoms with Crippen LogP contribution >= 0.6 is 0 Å². The lowest BCUT2D eigenvalue weighted by molar-refractivity contribution is -0.121. The van der Waals surface area contributed by atoms with E-state index in [0.717, 1.165) is 58.3 Å². The van der Waals surface area contributed by atoms with E-state index in [-0.39, 0.29) is 5.91 Å². The Morgan fingerprint density at radius 2 is 1.86 bits per heavy atom. The molecule has 0 aromatic heterocycles. The number of nitrogens with one attached hydrogen (secondary N) is 1. The molecule has 2 N–H and O–H groups in total. The molecule has 1 saturated heterocycles. The van der Waals surface area contributed by atoms with Crippen LogP contribution in [0.4, 0.5) is 0 Å². The first-order valence-electron chi connectivity index (χ1n) is 8.90. The van der Waals surface area contributed by atoms with Gasteiger partial charge in [-0.2, -0.15) is 0 Å². The molecule has 0 bridgehead atoms. The Balaban J connectivity index is 1.57. The number of hydrogen-bond acceptors (Lipinski definition) is 4. The molecule has 1 saturated carbocycles. The highest BCUT2D eigenvalue weighted by atomic mass is 16.3. The van der Waals surface area contributed by atoms with Gasteiger partial charge in [0, 0.05) is 45.2 Å². The van der Waals surface area contributed by atoms with Crippen molar-refractivity contribution in [1.29, 1.82) is 0 Å². The van der Waals surface area contributed by atoms with Gasteiger partial charge in [-0.3, -0.25) is 9.69 Å². The van der Waals surface area contributed by atoms with Crippen molar-refractivity contribution in [2.45, 2.75) is 63.5 Å². The van der Waals surface area contributed by atoms with Crippen LogP contribution in [0.3, 0.4) is 0 Å². The van der Waals surface area contributed by atoms with Crippen LogP contribution in [0.15, 0.2) is 0 Å². The molecule has 2 aliphatic rings. The SMILES string of the molecule is CC(CCC(=O)NCCC1(O)CCCC1)N1CCN(C)CC1. The molecule has 1 amide bonds. The molecule has 1 heterocycles. The van der Waals surface area contributed by atoms with E-state index in [4.69, 9.17) is 0 Å². The van der Waals surface area contributed by atoms with Crippen LogP contribution in [-0.4, -0.2) is 72.2 Å². The maximum absolute atomic E-state index is 11.9. The van der Waals surface area contributed by atoms with Crippen LogP contribution in [0.5, 0.6) is 0 Å². The van der Waals surface area contributed by atoms with Crippen molar-refractivity contribution in [3.8, 4) is 0 Å². The summed E-state index contributed by atoms with van der Waals surface area (Å²) in [7, 11) is 2.16. The van der Waals surface area contributed by atoms with Gasteiger partial charge in [-0.25, -0.2) is 0 Å². The zero-order chi connectivity index (χ0) is 16.0. The second-order valence-electron chi connectivity index (χ2n) is 7.26. The molecule has 0 aromatic carbocycles. The van der Waals surface area contributed by atoms with Gasteiger partial charge in [-0.15, -0.1) is 0 Å². The van der Waals surface area contributed by atoms with Gasteiger partial charge < -0.3 is 15.3 Å². The van der Waals surface area contributed by atoms with E-state index in [1.165, 1.54) is 0 Å². The van der Waals surface area contributed by atoms with E-state index < -0.39 is 5.60 Å². The van der Waals surface area contributed by atoms with Crippen molar-refractivity contribution in [2.24, 2.45) is 0 Å². The molecular weight excluding hydrogens is 278 g/mol.